The summed E-state index contributed by atoms with van der Waals surface area (Å²) in [7, 11) is 0. The molecule has 0 aliphatic heterocycles. The van der Waals surface area contributed by atoms with Gasteiger partial charge in [-0.3, -0.25) is 14.2 Å². The van der Waals surface area contributed by atoms with Crippen molar-refractivity contribution in [2.24, 2.45) is 5.73 Å². The molecule has 1 amide bonds. The maximum Gasteiger partial charge on any atom is 0.269 e. The first-order valence-corrected chi connectivity index (χ1v) is 7.53. The molecule has 1 aliphatic rings. The molecule has 0 spiro atoms. The summed E-state index contributed by atoms with van der Waals surface area (Å²) < 4.78 is 15.9. The van der Waals surface area contributed by atoms with Gasteiger partial charge >= 0.3 is 0 Å². The predicted octanol–water partition coefficient (Wildman–Crippen LogP) is 2.70. The molecule has 0 bridgehead atoms. The number of aromatic nitrogens is 3. The Morgan fingerprint density at radius 3 is 3.04 bits per heavy atom. The van der Waals surface area contributed by atoms with Gasteiger partial charge in [-0.15, -0.1) is 0 Å². The Balaban J connectivity index is 1.99. The van der Waals surface area contributed by atoms with E-state index in [0.29, 0.717) is 34.8 Å². The molecule has 2 N–H and O–H groups in total. The van der Waals surface area contributed by atoms with Crippen molar-refractivity contribution in [3.8, 4) is 0 Å². The third kappa shape index (κ3) is 2.09. The third-order valence-corrected chi connectivity index (χ3v) is 4.50. The van der Waals surface area contributed by atoms with Crippen LogP contribution in [-0.2, 0) is 6.42 Å². The van der Waals surface area contributed by atoms with Gasteiger partial charge in [0.25, 0.3) is 5.91 Å². The second kappa shape index (κ2) is 5.03. The normalized spacial score (nSPS) is 16.7. The molecule has 1 aliphatic carbocycles. The lowest BCUT2D eigenvalue weighted by Crippen LogP contribution is -2.16. The minimum absolute atomic E-state index is 0.182. The Hall–Kier alpha value is -2.47. The van der Waals surface area contributed by atoms with Gasteiger partial charge in [-0.05, 0) is 36.1 Å². The van der Waals surface area contributed by atoms with Gasteiger partial charge < -0.3 is 5.73 Å². The van der Waals surface area contributed by atoms with E-state index in [4.69, 9.17) is 17.3 Å². The molecule has 1 aromatic carbocycles. The zero-order chi connectivity index (χ0) is 16.1. The minimum atomic E-state index is -0.611. The molecule has 0 radical (unpaired) electrons. The van der Waals surface area contributed by atoms with Crippen molar-refractivity contribution < 1.29 is 9.18 Å². The van der Waals surface area contributed by atoms with Crippen LogP contribution in [0.15, 0.2) is 30.7 Å². The number of nitrogens with two attached hydrogens (primary N) is 1. The van der Waals surface area contributed by atoms with Gasteiger partial charge in [0.2, 0.25) is 0 Å². The van der Waals surface area contributed by atoms with Gasteiger partial charge in [-0.25, -0.2) is 9.37 Å². The van der Waals surface area contributed by atoms with Gasteiger partial charge in [-0.2, -0.15) is 0 Å². The summed E-state index contributed by atoms with van der Waals surface area (Å²) in [6.45, 7) is 0. The quantitative estimate of drug-likeness (QED) is 0.785. The highest BCUT2D eigenvalue weighted by molar-refractivity contribution is 6.30. The predicted molar refractivity (Wildman–Crippen MR) is 83.1 cm³/mol. The van der Waals surface area contributed by atoms with E-state index in [0.717, 1.165) is 5.56 Å². The monoisotopic (exact) mass is 330 g/mol. The van der Waals surface area contributed by atoms with Crippen LogP contribution in [0.5, 0.6) is 0 Å². The van der Waals surface area contributed by atoms with Gasteiger partial charge in [0.1, 0.15) is 5.82 Å². The molecule has 0 unspecified atom stereocenters. The summed E-state index contributed by atoms with van der Waals surface area (Å²) >= 11 is 6.01. The molecule has 2 heterocycles. The molecule has 0 saturated carbocycles. The molecular formula is C16H12ClFN4O. The molecule has 0 saturated heterocycles. The molecule has 116 valence electrons. The number of primary amides is 1. The standard InChI is InChI=1S/C16H12ClFN4O/c17-8-5-11-9(12(18)6-8)1-2-10(11)15-14(16(19)23)21-13-7-20-3-4-22(13)15/h3-7,10H,1-2H2,(H2,19,23)/t10-/m1/s1. The summed E-state index contributed by atoms with van der Waals surface area (Å²) in [5.74, 6) is -1.11. The van der Waals surface area contributed by atoms with E-state index < -0.39 is 5.91 Å². The first kappa shape index (κ1) is 14.1. The Morgan fingerprint density at radius 1 is 1.43 bits per heavy atom. The minimum Gasteiger partial charge on any atom is -0.364 e. The summed E-state index contributed by atoms with van der Waals surface area (Å²) in [4.78, 5) is 20.1. The topological polar surface area (TPSA) is 73.3 Å². The average molecular weight is 331 g/mol. The first-order chi connectivity index (χ1) is 11.1. The summed E-state index contributed by atoms with van der Waals surface area (Å²) in [6.07, 6.45) is 6.15. The lowest BCUT2D eigenvalue weighted by molar-refractivity contribution is 0.0995. The zero-order valence-corrected chi connectivity index (χ0v) is 12.7. The van der Waals surface area contributed by atoms with Crippen LogP contribution in [0.1, 0.15) is 39.6 Å². The van der Waals surface area contributed by atoms with Gasteiger partial charge in [0, 0.05) is 23.3 Å². The van der Waals surface area contributed by atoms with Gasteiger partial charge in [0.05, 0.1) is 11.9 Å². The van der Waals surface area contributed by atoms with E-state index in [1.165, 1.54) is 6.07 Å². The number of carbonyl (C=O) groups is 1. The average Bonchev–Trinajstić information content (AvgIpc) is 3.08. The van der Waals surface area contributed by atoms with E-state index in [9.17, 15) is 9.18 Å². The van der Waals surface area contributed by atoms with E-state index in [2.05, 4.69) is 9.97 Å². The molecule has 23 heavy (non-hydrogen) atoms. The fraction of sp³-hybridized carbons (Fsp3) is 0.188. The highest BCUT2D eigenvalue weighted by Gasteiger charge is 2.32. The number of halogens is 2. The van der Waals surface area contributed by atoms with E-state index in [1.54, 1.807) is 29.1 Å². The Kier molecular flexibility index (Phi) is 3.09. The molecule has 1 atom stereocenters. The SMILES string of the molecule is NC(=O)c1nc2cnccn2c1[C@@H]1CCc2c(F)cc(Cl)cc21. The number of hydrogen-bond acceptors (Lipinski definition) is 3. The fourth-order valence-electron chi connectivity index (χ4n) is 3.37. The van der Waals surface area contributed by atoms with Crippen molar-refractivity contribution in [1.29, 1.82) is 0 Å². The van der Waals surface area contributed by atoms with Crippen LogP contribution >= 0.6 is 11.6 Å². The van der Waals surface area contributed by atoms with Crippen molar-refractivity contribution in [2.45, 2.75) is 18.8 Å². The maximum atomic E-state index is 14.1. The molecule has 3 aromatic rings. The van der Waals surface area contributed by atoms with E-state index in [1.807, 2.05) is 0 Å². The van der Waals surface area contributed by atoms with Gasteiger partial charge in [-0.1, -0.05) is 11.6 Å². The number of rotatable bonds is 2. The number of amides is 1. The van der Waals surface area contributed by atoms with Gasteiger partial charge in [0.15, 0.2) is 11.3 Å². The second-order valence-corrected chi connectivity index (χ2v) is 6.00. The van der Waals surface area contributed by atoms with Crippen LogP contribution in [0, 0.1) is 5.82 Å². The fourth-order valence-corrected chi connectivity index (χ4v) is 3.58. The third-order valence-electron chi connectivity index (χ3n) is 4.28. The van der Waals surface area contributed by atoms with Crippen molar-refractivity contribution in [3.05, 3.63) is 64.1 Å². The van der Waals surface area contributed by atoms with Crippen molar-refractivity contribution in [2.75, 3.05) is 0 Å². The first-order valence-electron chi connectivity index (χ1n) is 7.16. The number of carbonyl (C=O) groups excluding carboxylic acids is 1. The summed E-state index contributed by atoms with van der Waals surface area (Å²) in [5, 5.41) is 0.337. The number of hydrogen-bond donors (Lipinski definition) is 1. The lowest BCUT2D eigenvalue weighted by atomic mass is 9.96. The van der Waals surface area contributed by atoms with E-state index >= 15 is 0 Å². The molecule has 7 heteroatoms. The van der Waals surface area contributed by atoms with E-state index in [-0.39, 0.29) is 17.4 Å². The number of fused-ring (bicyclic) bond motifs is 2. The summed E-state index contributed by atoms with van der Waals surface area (Å²) in [5.41, 5.74) is 8.30. The molecule has 4 rings (SSSR count). The van der Waals surface area contributed by atoms with Crippen LogP contribution in [0.4, 0.5) is 4.39 Å². The van der Waals surface area contributed by atoms with Crippen LogP contribution < -0.4 is 5.73 Å². The van der Waals surface area contributed by atoms with Crippen LogP contribution in [0.2, 0.25) is 5.02 Å². The van der Waals surface area contributed by atoms with Crippen LogP contribution in [0.3, 0.4) is 0 Å². The highest BCUT2D eigenvalue weighted by Crippen LogP contribution is 2.41. The molecule has 5 nitrogen and oxygen atoms in total. The highest BCUT2D eigenvalue weighted by atomic mass is 35.5. The smallest absolute Gasteiger partial charge is 0.269 e. The summed E-state index contributed by atoms with van der Waals surface area (Å²) in [6, 6.07) is 3.07. The lowest BCUT2D eigenvalue weighted by Gasteiger charge is -2.13. The molecular weight excluding hydrogens is 319 g/mol. The van der Waals surface area contributed by atoms with Crippen molar-refractivity contribution in [3.63, 3.8) is 0 Å². The largest absolute Gasteiger partial charge is 0.364 e. The number of imidazole rings is 1. The number of benzene rings is 1. The van der Waals surface area contributed by atoms with Crippen LogP contribution in [-0.4, -0.2) is 20.3 Å². The molecule has 0 fully saturated rings. The van der Waals surface area contributed by atoms with Crippen molar-refractivity contribution in [1.82, 2.24) is 14.4 Å². The maximum absolute atomic E-state index is 14.1. The Bertz CT molecular complexity index is 953. The van der Waals surface area contributed by atoms with Crippen LogP contribution in [0.25, 0.3) is 5.65 Å². The Morgan fingerprint density at radius 2 is 2.26 bits per heavy atom. The Labute approximate surface area is 135 Å². The molecule has 2 aromatic heterocycles. The number of nitrogens with zero attached hydrogens (tertiary/aromatic N) is 3. The second-order valence-electron chi connectivity index (χ2n) is 5.56. The van der Waals surface area contributed by atoms with Crippen molar-refractivity contribution >= 4 is 23.2 Å². The zero-order valence-electron chi connectivity index (χ0n) is 12.0.